The molecule has 0 aliphatic heterocycles. The van der Waals surface area contributed by atoms with Crippen molar-refractivity contribution in [3.63, 3.8) is 0 Å². The van der Waals surface area contributed by atoms with E-state index in [0.717, 1.165) is 0 Å². The molecule has 2 N–H and O–H groups in total. The van der Waals surface area contributed by atoms with Gasteiger partial charge in [-0.2, -0.15) is 0 Å². The first-order chi connectivity index (χ1) is 8.76. The molecular formula is C11H15N3O5. The number of nitrogens with one attached hydrogen (secondary N) is 1. The second-order valence-corrected chi connectivity index (χ2v) is 4.55. The summed E-state index contributed by atoms with van der Waals surface area (Å²) in [6.45, 7) is 4.71. The van der Waals surface area contributed by atoms with Crippen molar-refractivity contribution in [1.82, 2.24) is 9.97 Å². The number of ether oxygens (including phenoxy) is 2. The Kier molecular flexibility index (Phi) is 4.62. The van der Waals surface area contributed by atoms with Gasteiger partial charge in [0.05, 0.1) is 12.4 Å². The largest absolute Gasteiger partial charge is 0.479 e. The smallest absolute Gasteiger partial charge is 0.414 e. The Hall–Kier alpha value is -2.38. The number of carbonyl (C=O) groups excluding carboxylic acids is 1. The van der Waals surface area contributed by atoms with Crippen molar-refractivity contribution < 1.29 is 24.2 Å². The molecule has 1 heterocycles. The topological polar surface area (TPSA) is 111 Å². The van der Waals surface area contributed by atoms with E-state index in [2.05, 4.69) is 15.3 Å². The van der Waals surface area contributed by atoms with Crippen molar-refractivity contribution in [3.8, 4) is 5.75 Å². The summed E-state index contributed by atoms with van der Waals surface area (Å²) >= 11 is 0. The summed E-state index contributed by atoms with van der Waals surface area (Å²) in [5.74, 6) is -0.870. The normalized spacial score (nSPS) is 10.7. The summed E-state index contributed by atoms with van der Waals surface area (Å²) in [7, 11) is 0. The Morgan fingerprint density at radius 2 is 1.89 bits per heavy atom. The first-order valence-corrected chi connectivity index (χ1v) is 5.43. The maximum Gasteiger partial charge on any atom is 0.414 e. The van der Waals surface area contributed by atoms with Crippen LogP contribution < -0.4 is 10.1 Å². The van der Waals surface area contributed by atoms with Gasteiger partial charge in [-0.15, -0.1) is 0 Å². The van der Waals surface area contributed by atoms with Crippen molar-refractivity contribution in [2.45, 2.75) is 26.4 Å². The quantitative estimate of drug-likeness (QED) is 0.847. The Morgan fingerprint density at radius 3 is 2.37 bits per heavy atom. The molecule has 0 aliphatic rings. The van der Waals surface area contributed by atoms with E-state index >= 15 is 0 Å². The number of amides is 1. The zero-order chi connectivity index (χ0) is 14.5. The highest BCUT2D eigenvalue weighted by Gasteiger charge is 2.16. The van der Waals surface area contributed by atoms with E-state index in [9.17, 15) is 9.59 Å². The molecule has 0 saturated heterocycles. The van der Waals surface area contributed by atoms with Gasteiger partial charge >= 0.3 is 12.1 Å². The monoisotopic (exact) mass is 269 g/mol. The van der Waals surface area contributed by atoms with Crippen LogP contribution in [0.4, 0.5) is 10.7 Å². The molecule has 8 nitrogen and oxygen atoms in total. The average molecular weight is 269 g/mol. The van der Waals surface area contributed by atoms with E-state index in [1.807, 2.05) is 0 Å². The fraction of sp³-hybridized carbons (Fsp3) is 0.455. The van der Waals surface area contributed by atoms with Crippen LogP contribution in [-0.2, 0) is 9.53 Å². The minimum absolute atomic E-state index is 0.0388. The molecule has 0 saturated carbocycles. The van der Waals surface area contributed by atoms with E-state index < -0.39 is 24.3 Å². The number of carboxylic acid groups (broad SMARTS) is 1. The lowest BCUT2D eigenvalue weighted by atomic mass is 10.2. The van der Waals surface area contributed by atoms with Crippen LogP contribution in [0.2, 0.25) is 0 Å². The van der Waals surface area contributed by atoms with Crippen LogP contribution in [0.5, 0.6) is 5.75 Å². The van der Waals surface area contributed by atoms with Crippen LogP contribution in [0, 0.1) is 0 Å². The van der Waals surface area contributed by atoms with Gasteiger partial charge in [-0.05, 0) is 20.8 Å². The first kappa shape index (κ1) is 14.7. The average Bonchev–Trinajstić information content (AvgIpc) is 2.25. The molecule has 0 atom stereocenters. The predicted molar refractivity (Wildman–Crippen MR) is 65.0 cm³/mol. The summed E-state index contributed by atoms with van der Waals surface area (Å²) in [5, 5.41) is 10.8. The number of rotatable bonds is 4. The molecule has 0 bridgehead atoms. The molecule has 8 heteroatoms. The minimum Gasteiger partial charge on any atom is -0.479 e. The van der Waals surface area contributed by atoms with Gasteiger partial charge in [0.25, 0.3) is 0 Å². The van der Waals surface area contributed by atoms with E-state index in [-0.39, 0.29) is 11.7 Å². The van der Waals surface area contributed by atoms with Crippen molar-refractivity contribution in [3.05, 3.63) is 12.4 Å². The summed E-state index contributed by atoms with van der Waals surface area (Å²) in [6.07, 6.45) is 1.83. The highest BCUT2D eigenvalue weighted by molar-refractivity contribution is 5.82. The number of aromatic nitrogens is 2. The first-order valence-electron chi connectivity index (χ1n) is 5.43. The molecule has 19 heavy (non-hydrogen) atoms. The van der Waals surface area contributed by atoms with Gasteiger partial charge in [-0.1, -0.05) is 0 Å². The van der Waals surface area contributed by atoms with Gasteiger partial charge < -0.3 is 14.6 Å². The maximum atomic E-state index is 11.4. The lowest BCUT2D eigenvalue weighted by Gasteiger charge is -2.19. The molecule has 1 amide bonds. The van der Waals surface area contributed by atoms with Crippen LogP contribution in [0.15, 0.2) is 12.4 Å². The zero-order valence-corrected chi connectivity index (χ0v) is 10.8. The van der Waals surface area contributed by atoms with Crippen molar-refractivity contribution >= 4 is 18.0 Å². The van der Waals surface area contributed by atoms with Crippen molar-refractivity contribution in [2.75, 3.05) is 11.9 Å². The zero-order valence-electron chi connectivity index (χ0n) is 10.8. The summed E-state index contributed by atoms with van der Waals surface area (Å²) < 4.78 is 9.85. The van der Waals surface area contributed by atoms with Gasteiger partial charge in [0.2, 0.25) is 5.95 Å². The number of nitrogens with zero attached hydrogens (tertiary/aromatic N) is 2. The Bertz CT molecular complexity index is 452. The second kappa shape index (κ2) is 5.98. The van der Waals surface area contributed by atoms with Gasteiger partial charge in [-0.3, -0.25) is 5.32 Å². The van der Waals surface area contributed by atoms with Crippen molar-refractivity contribution in [1.29, 1.82) is 0 Å². The lowest BCUT2D eigenvalue weighted by molar-refractivity contribution is -0.139. The number of hydrogen-bond acceptors (Lipinski definition) is 6. The van der Waals surface area contributed by atoms with Gasteiger partial charge in [0, 0.05) is 0 Å². The molecule has 0 radical (unpaired) electrons. The van der Waals surface area contributed by atoms with E-state index in [1.54, 1.807) is 20.8 Å². The third-order valence-electron chi connectivity index (χ3n) is 1.60. The standard InChI is InChI=1S/C11H15N3O5/c1-11(2,3)19-10(17)14-9-12-4-7(5-13-9)18-6-8(15)16/h4-5H,6H2,1-3H3,(H,15,16)(H,12,13,14,17). The second-order valence-electron chi connectivity index (χ2n) is 4.55. The molecule has 0 aromatic carbocycles. The number of carboxylic acids is 1. The molecule has 0 spiro atoms. The molecule has 1 aromatic rings. The highest BCUT2D eigenvalue weighted by atomic mass is 16.6. The van der Waals surface area contributed by atoms with E-state index in [0.29, 0.717) is 0 Å². The third kappa shape index (κ3) is 6.20. The molecule has 1 aromatic heterocycles. The molecule has 0 unspecified atom stereocenters. The number of hydrogen-bond donors (Lipinski definition) is 2. The van der Waals surface area contributed by atoms with E-state index in [4.69, 9.17) is 14.6 Å². The van der Waals surface area contributed by atoms with Gasteiger partial charge in [0.15, 0.2) is 12.4 Å². The number of anilines is 1. The molecule has 1 rings (SSSR count). The van der Waals surface area contributed by atoms with Gasteiger partial charge in [-0.25, -0.2) is 19.6 Å². The predicted octanol–water partition coefficient (Wildman–Crippen LogP) is 1.29. The summed E-state index contributed by atoms with van der Waals surface area (Å²) in [6, 6.07) is 0. The van der Waals surface area contributed by atoms with Crippen molar-refractivity contribution in [2.24, 2.45) is 0 Å². The maximum absolute atomic E-state index is 11.4. The lowest BCUT2D eigenvalue weighted by Crippen LogP contribution is -2.27. The minimum atomic E-state index is -1.10. The third-order valence-corrected chi connectivity index (χ3v) is 1.60. The fourth-order valence-electron chi connectivity index (χ4n) is 0.995. The fourth-order valence-corrected chi connectivity index (χ4v) is 0.995. The van der Waals surface area contributed by atoms with Crippen LogP contribution in [-0.4, -0.2) is 39.3 Å². The molecule has 0 aliphatic carbocycles. The van der Waals surface area contributed by atoms with Crippen LogP contribution in [0.25, 0.3) is 0 Å². The Labute approximate surface area is 109 Å². The van der Waals surface area contributed by atoms with Crippen LogP contribution >= 0.6 is 0 Å². The molecule has 0 fully saturated rings. The number of carbonyl (C=O) groups is 2. The summed E-state index contributed by atoms with van der Waals surface area (Å²) in [5.41, 5.74) is -0.616. The molecular weight excluding hydrogens is 254 g/mol. The highest BCUT2D eigenvalue weighted by Crippen LogP contribution is 2.11. The van der Waals surface area contributed by atoms with Crippen LogP contribution in [0.1, 0.15) is 20.8 Å². The molecule has 104 valence electrons. The number of aliphatic carboxylic acids is 1. The Morgan fingerprint density at radius 1 is 1.32 bits per heavy atom. The van der Waals surface area contributed by atoms with Gasteiger partial charge in [0.1, 0.15) is 5.60 Å². The van der Waals surface area contributed by atoms with E-state index in [1.165, 1.54) is 12.4 Å². The summed E-state index contributed by atoms with van der Waals surface area (Å²) in [4.78, 5) is 29.3. The Balaban J connectivity index is 2.52. The van der Waals surface area contributed by atoms with Crippen LogP contribution in [0.3, 0.4) is 0 Å². The SMILES string of the molecule is CC(C)(C)OC(=O)Nc1ncc(OCC(=O)O)cn1.